The number of hydrogen-bond donors (Lipinski definition) is 0. The largest absolute Gasteiger partial charge is 0.286 e. The van der Waals surface area contributed by atoms with Crippen molar-refractivity contribution in [1.29, 1.82) is 0 Å². The third-order valence-corrected chi connectivity index (χ3v) is 2.56. The van der Waals surface area contributed by atoms with Crippen molar-refractivity contribution in [2.45, 2.75) is 20.0 Å². The van der Waals surface area contributed by atoms with Crippen LogP contribution in [-0.4, -0.2) is 9.97 Å². The zero-order valence-electron chi connectivity index (χ0n) is 9.55. The Bertz CT molecular complexity index is 408. The van der Waals surface area contributed by atoms with E-state index >= 15 is 0 Å². The Balaban J connectivity index is 0.00000144. The maximum Gasteiger partial charge on any atom is 0.0435 e. The summed E-state index contributed by atoms with van der Waals surface area (Å²) in [5.74, 6) is 0. The van der Waals surface area contributed by atoms with Gasteiger partial charge in [0.25, 0.3) is 0 Å². The van der Waals surface area contributed by atoms with Gasteiger partial charge in [0.05, 0.1) is 0 Å². The second-order valence-corrected chi connectivity index (χ2v) is 3.48. The molecule has 1 radical (unpaired) electrons. The normalized spacial score (nSPS) is 10.1. The second-order valence-electron chi connectivity index (χ2n) is 3.48. The third kappa shape index (κ3) is 3.42. The summed E-state index contributed by atoms with van der Waals surface area (Å²) < 4.78 is 14.8. The van der Waals surface area contributed by atoms with Crippen LogP contribution >= 0.6 is 0 Å². The Morgan fingerprint density at radius 1 is 1.06 bits per heavy atom. The molecule has 0 aliphatic rings. The molecule has 0 bridgehead atoms. The average Bonchev–Trinajstić information content (AvgIpc) is 2.40. The molecule has 0 aromatic carbocycles. The number of nitrogens with zero attached hydrogens (tertiary/aromatic N) is 2. The molecule has 93 valence electrons. The van der Waals surface area contributed by atoms with Gasteiger partial charge in [-0.2, -0.15) is 6.92 Å². The minimum atomic E-state index is -1.62. The van der Waals surface area contributed by atoms with Crippen molar-refractivity contribution in [3.05, 3.63) is 66.6 Å². The molecule has 0 saturated heterocycles. The van der Waals surface area contributed by atoms with E-state index in [1.807, 2.05) is 0 Å². The van der Waals surface area contributed by atoms with Gasteiger partial charge in [0.2, 0.25) is 0 Å². The minimum Gasteiger partial charge on any atom is -0.286 e. The molecule has 0 unspecified atom stereocenters. The molecule has 0 N–H and O–H groups in total. The molecule has 4 heteroatoms. The third-order valence-electron chi connectivity index (χ3n) is 2.56. The van der Waals surface area contributed by atoms with E-state index in [2.05, 4.69) is 9.97 Å². The van der Waals surface area contributed by atoms with Crippen LogP contribution in [0.5, 0.6) is 0 Å². The van der Waals surface area contributed by atoms with Crippen LogP contribution < -0.4 is 0 Å². The summed E-state index contributed by atoms with van der Waals surface area (Å²) in [7, 11) is 0. The number of alkyl halides is 1. The summed E-state index contributed by atoms with van der Waals surface area (Å²) in [4.78, 5) is 7.89. The molecule has 0 aliphatic carbocycles. The smallest absolute Gasteiger partial charge is 0.0435 e. The van der Waals surface area contributed by atoms with E-state index in [4.69, 9.17) is 0 Å². The quantitative estimate of drug-likeness (QED) is 0.808. The van der Waals surface area contributed by atoms with Gasteiger partial charge in [-0.15, -0.1) is 0 Å². The zero-order chi connectivity index (χ0) is 11.4. The Kier molecular flexibility index (Phi) is 7.41. The monoisotopic (exact) mass is 320 g/mol. The van der Waals surface area contributed by atoms with Gasteiger partial charge in [0.1, 0.15) is 0 Å². The van der Waals surface area contributed by atoms with E-state index in [-0.39, 0.29) is 40.1 Å². The number of halogens is 1. The fourth-order valence-electron chi connectivity index (χ4n) is 1.66. The molecular weight excluding hydrogens is 304 g/mol. The van der Waals surface area contributed by atoms with E-state index in [1.54, 1.807) is 43.6 Å². The van der Waals surface area contributed by atoms with Crippen LogP contribution in [-0.2, 0) is 38.4 Å². The van der Waals surface area contributed by atoms with Gasteiger partial charge in [-0.05, 0) is 23.3 Å². The van der Waals surface area contributed by atoms with Crippen LogP contribution in [0.4, 0.5) is 4.39 Å². The summed E-state index contributed by atoms with van der Waals surface area (Å²) in [6.45, 7) is 1.69. The molecule has 2 rings (SSSR count). The Hall–Kier alpha value is -0.666. The number of pyridine rings is 2. The van der Waals surface area contributed by atoms with Gasteiger partial charge in [-0.1, -0.05) is 19.6 Å². The SMILES string of the molecule is C.C[CH-]C(F)(c1cccnc1)c1cccnc1.[Y]. The summed E-state index contributed by atoms with van der Waals surface area (Å²) in [5.41, 5.74) is -0.585. The van der Waals surface area contributed by atoms with Gasteiger partial charge in [0.15, 0.2) is 0 Å². The van der Waals surface area contributed by atoms with Crippen molar-refractivity contribution in [3.8, 4) is 0 Å². The van der Waals surface area contributed by atoms with E-state index in [0.29, 0.717) is 11.1 Å². The van der Waals surface area contributed by atoms with Crippen LogP contribution in [0.3, 0.4) is 0 Å². The van der Waals surface area contributed by atoms with Crippen molar-refractivity contribution in [2.24, 2.45) is 0 Å². The zero-order valence-corrected chi connectivity index (χ0v) is 12.4. The number of hydrogen-bond acceptors (Lipinski definition) is 2. The Morgan fingerprint density at radius 3 is 1.78 bits per heavy atom. The van der Waals surface area contributed by atoms with Crippen molar-refractivity contribution in [2.75, 3.05) is 0 Å². The summed E-state index contributed by atoms with van der Waals surface area (Å²) in [6, 6.07) is 6.90. The van der Waals surface area contributed by atoms with Crippen molar-refractivity contribution in [1.82, 2.24) is 9.97 Å². The fraction of sp³-hybridized carbons (Fsp3) is 0.214. The minimum absolute atomic E-state index is 0. The first kappa shape index (κ1) is 17.3. The molecular formula is C14H16FN2Y-. The van der Waals surface area contributed by atoms with Crippen molar-refractivity contribution < 1.29 is 37.1 Å². The van der Waals surface area contributed by atoms with Gasteiger partial charge in [-0.3, -0.25) is 20.8 Å². The summed E-state index contributed by atoms with van der Waals surface area (Å²) in [5, 5.41) is 0. The fourth-order valence-corrected chi connectivity index (χ4v) is 1.66. The van der Waals surface area contributed by atoms with E-state index in [1.165, 1.54) is 18.8 Å². The molecule has 2 nitrogen and oxygen atoms in total. The van der Waals surface area contributed by atoms with Crippen LogP contribution in [0, 0.1) is 6.42 Å². The maximum absolute atomic E-state index is 14.8. The summed E-state index contributed by atoms with van der Waals surface area (Å²) >= 11 is 0. The molecule has 0 aliphatic heterocycles. The standard InChI is InChI=1S/C13H12FN2.CH4.Y/c1-2-13(14,11-5-3-7-15-9-11)12-6-4-8-16-10-12;;/h2-10H,1H3;1H4;/q-1;;. The van der Waals surface area contributed by atoms with Crippen LogP contribution in [0.25, 0.3) is 0 Å². The van der Waals surface area contributed by atoms with E-state index in [9.17, 15) is 4.39 Å². The topological polar surface area (TPSA) is 25.8 Å². The Morgan fingerprint density at radius 2 is 1.50 bits per heavy atom. The average molecular weight is 320 g/mol. The first-order valence-corrected chi connectivity index (χ1v) is 5.08. The Labute approximate surface area is 133 Å². The van der Waals surface area contributed by atoms with Crippen LogP contribution in [0.1, 0.15) is 25.5 Å². The van der Waals surface area contributed by atoms with E-state index < -0.39 is 5.67 Å². The molecule has 2 aromatic heterocycles. The number of rotatable bonds is 3. The molecule has 0 amide bonds. The van der Waals surface area contributed by atoms with E-state index in [0.717, 1.165) is 0 Å². The molecule has 2 aromatic rings. The molecule has 0 saturated carbocycles. The van der Waals surface area contributed by atoms with Gasteiger partial charge in [-0.25, -0.2) is 0 Å². The number of aromatic nitrogens is 2. The van der Waals surface area contributed by atoms with Crippen LogP contribution in [0.2, 0.25) is 0 Å². The molecule has 2 heterocycles. The van der Waals surface area contributed by atoms with Crippen molar-refractivity contribution in [3.63, 3.8) is 0 Å². The van der Waals surface area contributed by atoms with Crippen LogP contribution in [0.15, 0.2) is 49.1 Å². The van der Waals surface area contributed by atoms with Gasteiger partial charge >= 0.3 is 0 Å². The second kappa shape index (κ2) is 7.70. The first-order valence-electron chi connectivity index (χ1n) is 5.08. The predicted molar refractivity (Wildman–Crippen MR) is 67.1 cm³/mol. The molecule has 0 spiro atoms. The van der Waals surface area contributed by atoms with Gasteiger partial charge in [0, 0.05) is 63.2 Å². The molecule has 0 fully saturated rings. The maximum atomic E-state index is 14.8. The van der Waals surface area contributed by atoms with Gasteiger partial charge < -0.3 is 0 Å². The first-order chi connectivity index (χ1) is 7.77. The predicted octanol–water partition coefficient (Wildman–Crippen LogP) is 3.55. The summed E-state index contributed by atoms with van der Waals surface area (Å²) in [6.07, 6.45) is 7.84. The molecule has 0 atom stereocenters. The molecule has 18 heavy (non-hydrogen) atoms. The van der Waals surface area contributed by atoms with Crippen molar-refractivity contribution >= 4 is 0 Å².